The Morgan fingerprint density at radius 2 is 1.95 bits per heavy atom. The van der Waals surface area contributed by atoms with E-state index in [1.54, 1.807) is 0 Å². The zero-order valence-electron chi connectivity index (χ0n) is 12.0. The molecule has 1 aromatic carbocycles. The maximum atomic E-state index is 11.7. The Balaban J connectivity index is 2.05. The lowest BCUT2D eigenvalue weighted by Gasteiger charge is -2.31. The first kappa shape index (κ1) is 15.6. The summed E-state index contributed by atoms with van der Waals surface area (Å²) < 4.78 is 1.02. The number of carboxylic acid groups (broad SMARTS) is 1. The Morgan fingerprint density at radius 1 is 1.30 bits per heavy atom. The molecule has 2 rings (SSSR count). The van der Waals surface area contributed by atoms with Crippen molar-refractivity contribution in [2.75, 3.05) is 0 Å². The summed E-state index contributed by atoms with van der Waals surface area (Å²) in [5.74, 6) is 0.263. The number of rotatable bonds is 5. The van der Waals surface area contributed by atoms with Gasteiger partial charge in [0, 0.05) is 4.47 Å². The predicted octanol–water partition coefficient (Wildman–Crippen LogP) is 4.91. The van der Waals surface area contributed by atoms with Gasteiger partial charge in [-0.05, 0) is 42.7 Å². The van der Waals surface area contributed by atoms with Gasteiger partial charge in [0.05, 0.1) is 5.92 Å². The average Bonchev–Trinajstić information content (AvgIpc) is 2.46. The first-order valence-electron chi connectivity index (χ1n) is 7.58. The minimum Gasteiger partial charge on any atom is -0.481 e. The van der Waals surface area contributed by atoms with Crippen molar-refractivity contribution in [3.8, 4) is 0 Å². The lowest BCUT2D eigenvalue weighted by atomic mass is 9.73. The second-order valence-corrected chi connectivity index (χ2v) is 6.78. The van der Waals surface area contributed by atoms with Gasteiger partial charge in [-0.2, -0.15) is 0 Å². The molecule has 0 bridgehead atoms. The summed E-state index contributed by atoms with van der Waals surface area (Å²) in [6, 6.07) is 7.96. The third-order valence-electron chi connectivity index (χ3n) is 4.75. The minimum atomic E-state index is -0.638. The molecule has 0 heterocycles. The van der Waals surface area contributed by atoms with Crippen LogP contribution in [0.2, 0.25) is 0 Å². The van der Waals surface area contributed by atoms with E-state index in [1.807, 2.05) is 24.3 Å². The van der Waals surface area contributed by atoms with E-state index in [0.717, 1.165) is 28.8 Å². The maximum Gasteiger partial charge on any atom is 0.307 e. The van der Waals surface area contributed by atoms with Crippen molar-refractivity contribution in [2.24, 2.45) is 17.8 Å². The summed E-state index contributed by atoms with van der Waals surface area (Å²) in [6.07, 6.45) is 6.40. The predicted molar refractivity (Wildman–Crippen MR) is 84.7 cm³/mol. The molecule has 1 unspecified atom stereocenters. The fourth-order valence-electron chi connectivity index (χ4n) is 3.36. The first-order chi connectivity index (χ1) is 9.61. The maximum absolute atomic E-state index is 11.7. The van der Waals surface area contributed by atoms with Gasteiger partial charge in [0.1, 0.15) is 0 Å². The number of carboxylic acids is 1. The van der Waals surface area contributed by atoms with Gasteiger partial charge in [-0.1, -0.05) is 60.3 Å². The smallest absolute Gasteiger partial charge is 0.307 e. The van der Waals surface area contributed by atoms with E-state index in [9.17, 15) is 9.90 Å². The van der Waals surface area contributed by atoms with Crippen LogP contribution in [0.3, 0.4) is 0 Å². The van der Waals surface area contributed by atoms with Gasteiger partial charge in [-0.15, -0.1) is 0 Å². The van der Waals surface area contributed by atoms with Crippen LogP contribution in [-0.4, -0.2) is 11.1 Å². The van der Waals surface area contributed by atoms with Crippen molar-refractivity contribution >= 4 is 21.9 Å². The monoisotopic (exact) mass is 338 g/mol. The Hall–Kier alpha value is -0.830. The fourth-order valence-corrected chi connectivity index (χ4v) is 3.80. The number of benzene rings is 1. The molecule has 0 spiro atoms. The molecule has 0 amide bonds. The molecule has 1 aliphatic rings. The van der Waals surface area contributed by atoms with E-state index in [0.29, 0.717) is 12.3 Å². The van der Waals surface area contributed by atoms with E-state index in [4.69, 9.17) is 0 Å². The van der Waals surface area contributed by atoms with Crippen molar-refractivity contribution < 1.29 is 9.90 Å². The Bertz CT molecular complexity index is 450. The van der Waals surface area contributed by atoms with Crippen molar-refractivity contribution in [3.05, 3.63) is 34.3 Å². The highest BCUT2D eigenvalue weighted by atomic mass is 79.9. The summed E-state index contributed by atoms with van der Waals surface area (Å²) in [7, 11) is 0. The van der Waals surface area contributed by atoms with E-state index in [-0.39, 0.29) is 5.92 Å². The highest BCUT2D eigenvalue weighted by molar-refractivity contribution is 9.10. The lowest BCUT2D eigenvalue weighted by molar-refractivity contribution is -0.144. The van der Waals surface area contributed by atoms with Crippen LogP contribution in [-0.2, 0) is 11.2 Å². The Morgan fingerprint density at radius 3 is 2.50 bits per heavy atom. The Kier molecular flexibility index (Phi) is 5.64. The van der Waals surface area contributed by atoms with Gasteiger partial charge >= 0.3 is 5.97 Å². The molecule has 0 saturated heterocycles. The molecule has 1 saturated carbocycles. The summed E-state index contributed by atoms with van der Waals surface area (Å²) in [4.78, 5) is 11.7. The molecule has 0 radical (unpaired) electrons. The van der Waals surface area contributed by atoms with Crippen LogP contribution in [0.4, 0.5) is 0 Å². The normalized spacial score (nSPS) is 24.3. The molecule has 110 valence electrons. The highest BCUT2D eigenvalue weighted by Crippen LogP contribution is 2.37. The summed E-state index contributed by atoms with van der Waals surface area (Å²) >= 11 is 3.53. The van der Waals surface area contributed by atoms with Crippen molar-refractivity contribution in [1.82, 2.24) is 0 Å². The quantitative estimate of drug-likeness (QED) is 0.828. The molecule has 1 aromatic rings. The largest absolute Gasteiger partial charge is 0.481 e. The topological polar surface area (TPSA) is 37.3 Å². The molecular formula is C17H23BrO2. The van der Waals surface area contributed by atoms with E-state index < -0.39 is 5.97 Å². The second-order valence-electron chi connectivity index (χ2n) is 5.93. The minimum absolute atomic E-state index is 0.244. The number of carbonyl (C=O) groups is 1. The molecule has 20 heavy (non-hydrogen) atoms. The van der Waals surface area contributed by atoms with E-state index in [2.05, 4.69) is 22.9 Å². The highest BCUT2D eigenvalue weighted by Gasteiger charge is 2.31. The van der Waals surface area contributed by atoms with Crippen LogP contribution >= 0.6 is 15.9 Å². The van der Waals surface area contributed by atoms with Crippen LogP contribution in [0.1, 0.15) is 44.6 Å². The standard InChI is InChI=1S/C17H23BrO2/c1-2-12-7-9-13(10-8-12)15(17(19)20)11-14-5-3-4-6-16(14)18/h3-6,12-13,15H,2,7-11H2,1H3,(H,19,20). The van der Waals surface area contributed by atoms with Crippen LogP contribution < -0.4 is 0 Å². The first-order valence-corrected chi connectivity index (χ1v) is 8.37. The lowest BCUT2D eigenvalue weighted by Crippen LogP contribution is -2.29. The van der Waals surface area contributed by atoms with Gasteiger partial charge in [-0.25, -0.2) is 0 Å². The number of hydrogen-bond acceptors (Lipinski definition) is 1. The molecule has 1 aliphatic carbocycles. The van der Waals surface area contributed by atoms with Crippen LogP contribution in [0.5, 0.6) is 0 Å². The van der Waals surface area contributed by atoms with Gasteiger partial charge in [0.2, 0.25) is 0 Å². The molecule has 3 heteroatoms. The third kappa shape index (κ3) is 3.85. The van der Waals surface area contributed by atoms with Crippen LogP contribution in [0.15, 0.2) is 28.7 Å². The van der Waals surface area contributed by atoms with Gasteiger partial charge in [0.25, 0.3) is 0 Å². The molecule has 1 N–H and O–H groups in total. The van der Waals surface area contributed by atoms with Gasteiger partial charge < -0.3 is 5.11 Å². The Labute approximate surface area is 129 Å². The SMILES string of the molecule is CCC1CCC(C(Cc2ccccc2Br)C(=O)O)CC1. The molecular weight excluding hydrogens is 316 g/mol. The van der Waals surface area contributed by atoms with Gasteiger partial charge in [0.15, 0.2) is 0 Å². The number of hydrogen-bond donors (Lipinski definition) is 1. The zero-order chi connectivity index (χ0) is 14.5. The summed E-state index contributed by atoms with van der Waals surface area (Å²) in [5.41, 5.74) is 1.11. The van der Waals surface area contributed by atoms with Gasteiger partial charge in [-0.3, -0.25) is 4.79 Å². The molecule has 2 nitrogen and oxygen atoms in total. The summed E-state index contributed by atoms with van der Waals surface area (Å²) in [5, 5.41) is 9.59. The third-order valence-corrected chi connectivity index (χ3v) is 5.53. The average molecular weight is 339 g/mol. The van der Waals surface area contributed by atoms with Crippen LogP contribution in [0.25, 0.3) is 0 Å². The number of aliphatic carboxylic acids is 1. The van der Waals surface area contributed by atoms with Crippen molar-refractivity contribution in [1.29, 1.82) is 0 Å². The molecule has 0 aliphatic heterocycles. The van der Waals surface area contributed by atoms with Crippen molar-refractivity contribution in [3.63, 3.8) is 0 Å². The number of halogens is 1. The van der Waals surface area contributed by atoms with E-state index in [1.165, 1.54) is 19.3 Å². The molecule has 1 fully saturated rings. The molecule has 0 aromatic heterocycles. The van der Waals surface area contributed by atoms with E-state index >= 15 is 0 Å². The second kappa shape index (κ2) is 7.26. The summed E-state index contributed by atoms with van der Waals surface area (Å²) in [6.45, 7) is 2.24. The molecule has 1 atom stereocenters. The zero-order valence-corrected chi connectivity index (χ0v) is 13.6. The van der Waals surface area contributed by atoms with Crippen molar-refractivity contribution in [2.45, 2.75) is 45.4 Å². The van der Waals surface area contributed by atoms with Crippen LogP contribution in [0, 0.1) is 17.8 Å². The fraction of sp³-hybridized carbons (Fsp3) is 0.588.